The van der Waals surface area contributed by atoms with Crippen LogP contribution in [0.4, 0.5) is 5.69 Å². The normalized spacial score (nSPS) is 18.5. The Labute approximate surface area is 110 Å². The summed E-state index contributed by atoms with van der Waals surface area (Å²) in [6, 6.07) is 9.25. The molecule has 1 unspecified atom stereocenters. The maximum absolute atomic E-state index is 6.09. The van der Waals surface area contributed by atoms with Crippen molar-refractivity contribution in [1.29, 1.82) is 0 Å². The lowest BCUT2D eigenvalue weighted by Gasteiger charge is -2.26. The van der Waals surface area contributed by atoms with E-state index >= 15 is 0 Å². The predicted octanol–water partition coefficient (Wildman–Crippen LogP) is 4.24. The SMILES string of the molecule is CCCCCCN1c2ccccc2CC1CCl. The average Bonchev–Trinajstić information content (AvgIpc) is 2.73. The van der Waals surface area contributed by atoms with Crippen LogP contribution in [0.1, 0.15) is 38.2 Å². The van der Waals surface area contributed by atoms with Gasteiger partial charge in [0.05, 0.1) is 0 Å². The standard InChI is InChI=1S/C15H22ClN/c1-2-3-4-7-10-17-14(12-16)11-13-8-5-6-9-15(13)17/h5-6,8-9,14H,2-4,7,10-12H2,1H3. The van der Waals surface area contributed by atoms with Crippen LogP contribution in [0.25, 0.3) is 0 Å². The van der Waals surface area contributed by atoms with Crippen LogP contribution in [0, 0.1) is 0 Å². The topological polar surface area (TPSA) is 3.24 Å². The summed E-state index contributed by atoms with van der Waals surface area (Å²) in [6.45, 7) is 3.42. The number of benzene rings is 1. The van der Waals surface area contributed by atoms with Gasteiger partial charge < -0.3 is 4.90 Å². The highest BCUT2D eigenvalue weighted by Crippen LogP contribution is 2.32. The molecule has 0 N–H and O–H groups in total. The summed E-state index contributed by atoms with van der Waals surface area (Å²) in [4.78, 5) is 2.51. The van der Waals surface area contributed by atoms with Crippen molar-refractivity contribution >= 4 is 17.3 Å². The summed E-state index contributed by atoms with van der Waals surface area (Å²) in [5, 5.41) is 0. The van der Waals surface area contributed by atoms with E-state index in [9.17, 15) is 0 Å². The van der Waals surface area contributed by atoms with Gasteiger partial charge in [0.25, 0.3) is 0 Å². The van der Waals surface area contributed by atoms with Crippen molar-refractivity contribution in [3.63, 3.8) is 0 Å². The number of halogens is 1. The second-order valence-corrected chi connectivity index (χ2v) is 5.20. The first-order chi connectivity index (χ1) is 8.36. The Morgan fingerprint density at radius 1 is 1.24 bits per heavy atom. The van der Waals surface area contributed by atoms with E-state index in [1.165, 1.54) is 36.9 Å². The number of alkyl halides is 1. The van der Waals surface area contributed by atoms with Crippen LogP contribution >= 0.6 is 11.6 Å². The van der Waals surface area contributed by atoms with Crippen LogP contribution < -0.4 is 4.90 Å². The van der Waals surface area contributed by atoms with Crippen molar-refractivity contribution < 1.29 is 0 Å². The van der Waals surface area contributed by atoms with E-state index in [0.717, 1.165) is 18.8 Å². The summed E-state index contributed by atoms with van der Waals surface area (Å²) in [6.07, 6.45) is 6.39. The number of hydrogen-bond donors (Lipinski definition) is 0. The van der Waals surface area contributed by atoms with Crippen molar-refractivity contribution in [2.24, 2.45) is 0 Å². The Morgan fingerprint density at radius 2 is 2.06 bits per heavy atom. The molecule has 1 aromatic rings. The molecule has 0 spiro atoms. The summed E-state index contributed by atoms with van der Waals surface area (Å²) in [7, 11) is 0. The molecule has 0 aliphatic carbocycles. The Bertz CT molecular complexity index is 351. The quantitative estimate of drug-likeness (QED) is 0.540. The van der Waals surface area contributed by atoms with Crippen LogP contribution in [-0.2, 0) is 6.42 Å². The van der Waals surface area contributed by atoms with Gasteiger partial charge >= 0.3 is 0 Å². The first kappa shape index (κ1) is 12.8. The van der Waals surface area contributed by atoms with Crippen LogP contribution in [0.5, 0.6) is 0 Å². The Kier molecular flexibility index (Phi) is 4.73. The smallest absolute Gasteiger partial charge is 0.0466 e. The molecule has 1 aromatic carbocycles. The molecule has 1 aliphatic heterocycles. The van der Waals surface area contributed by atoms with Gasteiger partial charge in [0.15, 0.2) is 0 Å². The van der Waals surface area contributed by atoms with Gasteiger partial charge in [-0.1, -0.05) is 44.4 Å². The number of hydrogen-bond acceptors (Lipinski definition) is 1. The predicted molar refractivity (Wildman–Crippen MR) is 76.1 cm³/mol. The maximum Gasteiger partial charge on any atom is 0.0466 e. The third-order valence-corrected chi connectivity index (χ3v) is 3.98. The second-order valence-electron chi connectivity index (χ2n) is 4.90. The highest BCUT2D eigenvalue weighted by Gasteiger charge is 2.27. The van der Waals surface area contributed by atoms with Crippen molar-refractivity contribution in [1.82, 2.24) is 0 Å². The van der Waals surface area contributed by atoms with E-state index in [1.807, 2.05) is 0 Å². The fourth-order valence-corrected chi connectivity index (χ4v) is 2.95. The molecule has 2 heteroatoms. The van der Waals surface area contributed by atoms with Crippen LogP contribution in [0.3, 0.4) is 0 Å². The average molecular weight is 252 g/mol. The first-order valence-corrected chi connectivity index (χ1v) is 7.30. The van der Waals surface area contributed by atoms with Crippen LogP contribution in [0.15, 0.2) is 24.3 Å². The lowest BCUT2D eigenvalue weighted by Crippen LogP contribution is -2.34. The molecular weight excluding hydrogens is 230 g/mol. The van der Waals surface area contributed by atoms with Crippen LogP contribution in [-0.4, -0.2) is 18.5 Å². The van der Waals surface area contributed by atoms with E-state index in [-0.39, 0.29) is 0 Å². The molecule has 0 aromatic heterocycles. The molecule has 0 bridgehead atoms. The Balaban J connectivity index is 1.98. The molecule has 0 radical (unpaired) electrons. The second kappa shape index (κ2) is 6.30. The minimum absolute atomic E-state index is 0.510. The van der Waals surface area contributed by atoms with Gasteiger partial charge in [-0.3, -0.25) is 0 Å². The van der Waals surface area contributed by atoms with Crippen molar-refractivity contribution in [3.05, 3.63) is 29.8 Å². The van der Waals surface area contributed by atoms with E-state index in [2.05, 4.69) is 36.1 Å². The number of anilines is 1. The van der Waals surface area contributed by atoms with E-state index in [1.54, 1.807) is 0 Å². The lowest BCUT2D eigenvalue weighted by molar-refractivity contribution is 0.609. The molecule has 0 fully saturated rings. The monoisotopic (exact) mass is 251 g/mol. The van der Waals surface area contributed by atoms with E-state index in [0.29, 0.717) is 6.04 Å². The zero-order chi connectivity index (χ0) is 12.1. The van der Waals surface area contributed by atoms with Crippen molar-refractivity contribution in [2.45, 2.75) is 45.1 Å². The molecule has 0 saturated carbocycles. The fraction of sp³-hybridized carbons (Fsp3) is 0.600. The summed E-state index contributed by atoms with van der Waals surface area (Å²) in [5.41, 5.74) is 2.88. The fourth-order valence-electron chi connectivity index (χ4n) is 2.67. The Morgan fingerprint density at radius 3 is 2.82 bits per heavy atom. The summed E-state index contributed by atoms with van der Waals surface area (Å²) >= 11 is 6.09. The number of unbranched alkanes of at least 4 members (excludes halogenated alkanes) is 3. The van der Waals surface area contributed by atoms with Gasteiger partial charge in [-0.25, -0.2) is 0 Å². The summed E-state index contributed by atoms with van der Waals surface area (Å²) < 4.78 is 0. The molecule has 1 nitrogen and oxygen atoms in total. The largest absolute Gasteiger partial charge is 0.367 e. The maximum atomic E-state index is 6.09. The molecule has 1 atom stereocenters. The minimum atomic E-state index is 0.510. The van der Waals surface area contributed by atoms with Gasteiger partial charge in [-0.2, -0.15) is 0 Å². The van der Waals surface area contributed by atoms with E-state index in [4.69, 9.17) is 11.6 Å². The third kappa shape index (κ3) is 2.95. The molecular formula is C15H22ClN. The number of rotatable bonds is 6. The zero-order valence-corrected chi connectivity index (χ0v) is 11.4. The lowest BCUT2D eigenvalue weighted by atomic mass is 10.1. The molecule has 1 heterocycles. The number of nitrogens with zero attached hydrogens (tertiary/aromatic N) is 1. The van der Waals surface area contributed by atoms with E-state index < -0.39 is 0 Å². The van der Waals surface area contributed by atoms with Gasteiger partial charge in [-0.05, 0) is 24.5 Å². The first-order valence-electron chi connectivity index (χ1n) is 6.77. The molecule has 1 aliphatic rings. The van der Waals surface area contributed by atoms with Crippen LogP contribution in [0.2, 0.25) is 0 Å². The molecule has 94 valence electrons. The molecule has 2 rings (SSSR count). The van der Waals surface area contributed by atoms with Gasteiger partial charge in [0, 0.05) is 24.2 Å². The Hall–Kier alpha value is -0.690. The van der Waals surface area contributed by atoms with Crippen molar-refractivity contribution in [2.75, 3.05) is 17.3 Å². The number of para-hydroxylation sites is 1. The number of fused-ring (bicyclic) bond motifs is 1. The third-order valence-electron chi connectivity index (χ3n) is 3.63. The minimum Gasteiger partial charge on any atom is -0.367 e. The zero-order valence-electron chi connectivity index (χ0n) is 10.7. The molecule has 0 amide bonds. The van der Waals surface area contributed by atoms with Crippen molar-refractivity contribution in [3.8, 4) is 0 Å². The summed E-state index contributed by atoms with van der Waals surface area (Å²) in [5.74, 6) is 0.739. The highest BCUT2D eigenvalue weighted by molar-refractivity contribution is 6.18. The molecule has 17 heavy (non-hydrogen) atoms. The van der Waals surface area contributed by atoms with Gasteiger partial charge in [-0.15, -0.1) is 11.6 Å². The highest BCUT2D eigenvalue weighted by atomic mass is 35.5. The van der Waals surface area contributed by atoms with Gasteiger partial charge in [0.2, 0.25) is 0 Å². The molecule has 0 saturated heterocycles. The van der Waals surface area contributed by atoms with Gasteiger partial charge in [0.1, 0.15) is 0 Å².